The van der Waals surface area contributed by atoms with Crippen molar-refractivity contribution in [3.05, 3.63) is 35.4 Å². The van der Waals surface area contributed by atoms with Gasteiger partial charge in [-0.1, -0.05) is 24.3 Å². The average molecular weight is 231 g/mol. The lowest BCUT2D eigenvalue weighted by Gasteiger charge is -2.15. The predicted molar refractivity (Wildman–Crippen MR) is 58.4 cm³/mol. The minimum atomic E-state index is -4.14. The average Bonchev–Trinajstić information content (AvgIpc) is 2.18. The Morgan fingerprint density at radius 2 is 1.75 bits per heavy atom. The van der Waals surface area contributed by atoms with Gasteiger partial charge in [-0.05, 0) is 31.5 Å². The quantitative estimate of drug-likeness (QED) is 0.840. The summed E-state index contributed by atoms with van der Waals surface area (Å²) >= 11 is 0. The van der Waals surface area contributed by atoms with Crippen molar-refractivity contribution in [1.29, 1.82) is 0 Å². The Labute approximate surface area is 93.7 Å². The molecule has 0 aliphatic carbocycles. The molecule has 16 heavy (non-hydrogen) atoms. The molecule has 4 heteroatoms. The topological polar surface area (TPSA) is 12.0 Å². The van der Waals surface area contributed by atoms with Crippen LogP contribution in [0.25, 0.3) is 0 Å². The van der Waals surface area contributed by atoms with Crippen molar-refractivity contribution >= 4 is 0 Å². The smallest absolute Gasteiger partial charge is 0.317 e. The molecule has 0 aliphatic heterocycles. The van der Waals surface area contributed by atoms with E-state index in [0.29, 0.717) is 12.0 Å². The van der Waals surface area contributed by atoms with Crippen LogP contribution in [0, 0.1) is 0 Å². The van der Waals surface area contributed by atoms with Gasteiger partial charge in [0.15, 0.2) is 0 Å². The van der Waals surface area contributed by atoms with Crippen LogP contribution in [-0.4, -0.2) is 19.3 Å². The maximum atomic E-state index is 12.3. The molecule has 1 aromatic carbocycles. The van der Waals surface area contributed by atoms with Crippen LogP contribution in [0.5, 0.6) is 0 Å². The molecule has 0 saturated heterocycles. The van der Waals surface area contributed by atoms with E-state index in [4.69, 9.17) is 0 Å². The zero-order valence-corrected chi connectivity index (χ0v) is 9.43. The van der Waals surface area contributed by atoms with Crippen molar-refractivity contribution in [3.63, 3.8) is 0 Å². The standard InChI is InChI=1S/C12H16F3N/c1-9(16-2)7-10-5-3-4-6-11(10)8-12(13,14)15/h3-6,9,16H,7-8H2,1-2H3. The first-order valence-corrected chi connectivity index (χ1v) is 5.23. The molecular weight excluding hydrogens is 215 g/mol. The first kappa shape index (κ1) is 13.0. The van der Waals surface area contributed by atoms with Crippen LogP contribution >= 0.6 is 0 Å². The summed E-state index contributed by atoms with van der Waals surface area (Å²) in [6, 6.07) is 6.90. The molecule has 1 unspecified atom stereocenters. The van der Waals surface area contributed by atoms with Gasteiger partial charge in [0, 0.05) is 6.04 Å². The lowest BCUT2D eigenvalue weighted by Crippen LogP contribution is -2.24. The fraction of sp³-hybridized carbons (Fsp3) is 0.500. The summed E-state index contributed by atoms with van der Waals surface area (Å²) in [6.07, 6.45) is -4.37. The van der Waals surface area contributed by atoms with E-state index in [1.165, 1.54) is 0 Å². The number of rotatable bonds is 4. The molecule has 1 aromatic rings. The summed E-state index contributed by atoms with van der Waals surface area (Å²) in [5, 5.41) is 3.02. The van der Waals surface area contributed by atoms with E-state index in [2.05, 4.69) is 5.32 Å². The van der Waals surface area contributed by atoms with Gasteiger partial charge in [0.25, 0.3) is 0 Å². The highest BCUT2D eigenvalue weighted by Crippen LogP contribution is 2.23. The van der Waals surface area contributed by atoms with Gasteiger partial charge in [0.05, 0.1) is 6.42 Å². The molecule has 0 radical (unpaired) electrons. The monoisotopic (exact) mass is 231 g/mol. The molecule has 1 nitrogen and oxygen atoms in total. The van der Waals surface area contributed by atoms with Crippen LogP contribution in [0.3, 0.4) is 0 Å². The lowest BCUT2D eigenvalue weighted by atomic mass is 9.99. The van der Waals surface area contributed by atoms with Crippen LogP contribution in [0.1, 0.15) is 18.1 Å². The number of nitrogens with one attached hydrogen (secondary N) is 1. The van der Waals surface area contributed by atoms with E-state index in [-0.39, 0.29) is 6.04 Å². The van der Waals surface area contributed by atoms with Gasteiger partial charge in [-0.3, -0.25) is 0 Å². The molecule has 90 valence electrons. The fourth-order valence-electron chi connectivity index (χ4n) is 1.58. The van der Waals surface area contributed by atoms with Gasteiger partial charge >= 0.3 is 6.18 Å². The molecule has 1 rings (SSSR count). The van der Waals surface area contributed by atoms with Gasteiger partial charge < -0.3 is 5.32 Å². The van der Waals surface area contributed by atoms with Crippen molar-refractivity contribution < 1.29 is 13.2 Å². The zero-order chi connectivity index (χ0) is 12.2. The third kappa shape index (κ3) is 4.23. The Kier molecular flexibility index (Phi) is 4.35. The summed E-state index contributed by atoms with van der Waals surface area (Å²) in [5.41, 5.74) is 1.14. The normalized spacial score (nSPS) is 13.8. The van der Waals surface area contributed by atoms with E-state index >= 15 is 0 Å². The number of benzene rings is 1. The molecule has 0 bridgehead atoms. The molecular formula is C12H16F3N. The third-order valence-corrected chi connectivity index (χ3v) is 2.53. The molecule has 0 spiro atoms. The van der Waals surface area contributed by atoms with Crippen LogP contribution < -0.4 is 5.32 Å². The predicted octanol–water partition coefficient (Wildman–Crippen LogP) is 2.94. The number of alkyl halides is 3. The number of hydrogen-bond donors (Lipinski definition) is 1. The molecule has 0 saturated carbocycles. The fourth-order valence-corrected chi connectivity index (χ4v) is 1.58. The Hall–Kier alpha value is -1.03. The van der Waals surface area contributed by atoms with Crippen molar-refractivity contribution in [2.45, 2.75) is 32.0 Å². The Balaban J connectivity index is 2.83. The van der Waals surface area contributed by atoms with Crippen molar-refractivity contribution in [1.82, 2.24) is 5.32 Å². The molecule has 0 fully saturated rings. The lowest BCUT2D eigenvalue weighted by molar-refractivity contribution is -0.127. The Morgan fingerprint density at radius 3 is 2.25 bits per heavy atom. The number of likely N-dealkylation sites (N-methyl/N-ethyl adjacent to an activating group) is 1. The molecule has 0 amide bonds. The second-order valence-electron chi connectivity index (χ2n) is 3.95. The van der Waals surface area contributed by atoms with Crippen LogP contribution in [0.4, 0.5) is 13.2 Å². The van der Waals surface area contributed by atoms with Gasteiger partial charge in [0.2, 0.25) is 0 Å². The largest absolute Gasteiger partial charge is 0.393 e. The minimum Gasteiger partial charge on any atom is -0.317 e. The van der Waals surface area contributed by atoms with Gasteiger partial charge in [-0.2, -0.15) is 13.2 Å². The summed E-state index contributed by atoms with van der Waals surface area (Å²) in [6.45, 7) is 1.95. The summed E-state index contributed by atoms with van der Waals surface area (Å²) in [7, 11) is 1.80. The third-order valence-electron chi connectivity index (χ3n) is 2.53. The summed E-state index contributed by atoms with van der Waals surface area (Å²) in [4.78, 5) is 0. The Bertz CT molecular complexity index is 333. The van der Waals surface area contributed by atoms with Crippen molar-refractivity contribution in [2.75, 3.05) is 7.05 Å². The van der Waals surface area contributed by atoms with Crippen LogP contribution in [-0.2, 0) is 12.8 Å². The summed E-state index contributed by atoms with van der Waals surface area (Å²) in [5.74, 6) is 0. The van der Waals surface area contributed by atoms with Crippen LogP contribution in [0.15, 0.2) is 24.3 Å². The molecule has 1 atom stereocenters. The molecule has 0 aliphatic rings. The Morgan fingerprint density at radius 1 is 1.19 bits per heavy atom. The second kappa shape index (κ2) is 5.34. The van der Waals surface area contributed by atoms with Gasteiger partial charge in [-0.25, -0.2) is 0 Å². The highest BCUT2D eigenvalue weighted by molar-refractivity contribution is 5.28. The van der Waals surface area contributed by atoms with E-state index in [0.717, 1.165) is 5.56 Å². The highest BCUT2D eigenvalue weighted by Gasteiger charge is 2.28. The highest BCUT2D eigenvalue weighted by atomic mass is 19.4. The maximum Gasteiger partial charge on any atom is 0.393 e. The van der Waals surface area contributed by atoms with E-state index in [1.807, 2.05) is 6.92 Å². The van der Waals surface area contributed by atoms with E-state index in [1.54, 1.807) is 31.3 Å². The zero-order valence-electron chi connectivity index (χ0n) is 9.43. The van der Waals surface area contributed by atoms with Gasteiger partial charge in [0.1, 0.15) is 0 Å². The molecule has 0 aromatic heterocycles. The summed E-state index contributed by atoms with van der Waals surface area (Å²) < 4.78 is 37.0. The second-order valence-corrected chi connectivity index (χ2v) is 3.95. The van der Waals surface area contributed by atoms with Crippen molar-refractivity contribution in [3.8, 4) is 0 Å². The number of hydrogen-bond acceptors (Lipinski definition) is 1. The van der Waals surface area contributed by atoms with Gasteiger partial charge in [-0.15, -0.1) is 0 Å². The first-order chi connectivity index (χ1) is 7.42. The van der Waals surface area contributed by atoms with E-state index < -0.39 is 12.6 Å². The SMILES string of the molecule is CNC(C)Cc1ccccc1CC(F)(F)F. The molecule has 0 heterocycles. The van der Waals surface area contributed by atoms with E-state index in [9.17, 15) is 13.2 Å². The minimum absolute atomic E-state index is 0.175. The number of halogens is 3. The van der Waals surface area contributed by atoms with Crippen molar-refractivity contribution in [2.24, 2.45) is 0 Å². The van der Waals surface area contributed by atoms with Crippen LogP contribution in [0.2, 0.25) is 0 Å². The first-order valence-electron chi connectivity index (χ1n) is 5.23. The molecule has 1 N–H and O–H groups in total. The maximum absolute atomic E-state index is 12.3.